The molecule has 2 aromatic rings. The predicted octanol–water partition coefficient (Wildman–Crippen LogP) is 3.29. The Labute approximate surface area is 128 Å². The first-order valence-corrected chi connectivity index (χ1v) is 6.90. The summed E-state index contributed by atoms with van der Waals surface area (Å²) in [6.07, 6.45) is 0. The van der Waals surface area contributed by atoms with Crippen LogP contribution in [0.25, 0.3) is 0 Å². The molecule has 2 heterocycles. The number of aromatic nitrogens is 3. The predicted molar refractivity (Wildman–Crippen MR) is 81.9 cm³/mol. The van der Waals surface area contributed by atoms with Crippen molar-refractivity contribution >= 4 is 50.4 Å². The van der Waals surface area contributed by atoms with E-state index in [0.717, 1.165) is 32.5 Å². The number of fused-ring (bicyclic) bond motifs is 1. The molecule has 0 radical (unpaired) electrons. The molecule has 0 saturated heterocycles. The van der Waals surface area contributed by atoms with E-state index in [-0.39, 0.29) is 17.0 Å². The standard InChI is InChI=1S/C11H9BrN4S.BrH/c1-7-13-14-11-16(7)15-10(6-17-11)8-2-4-9(12)5-3-8;/h2-5H,6H2,1H3;1H. The van der Waals surface area contributed by atoms with E-state index in [1.165, 1.54) is 0 Å². The van der Waals surface area contributed by atoms with E-state index in [0.29, 0.717) is 0 Å². The van der Waals surface area contributed by atoms with Crippen LogP contribution in [-0.4, -0.2) is 26.3 Å². The molecule has 94 valence electrons. The van der Waals surface area contributed by atoms with Crippen LogP contribution >= 0.6 is 44.7 Å². The maximum absolute atomic E-state index is 4.58. The molecule has 1 aromatic carbocycles. The first-order valence-electron chi connectivity index (χ1n) is 5.12. The number of halogens is 2. The minimum absolute atomic E-state index is 0. The van der Waals surface area contributed by atoms with E-state index < -0.39 is 0 Å². The van der Waals surface area contributed by atoms with Gasteiger partial charge in [-0.05, 0) is 24.6 Å². The van der Waals surface area contributed by atoms with Crippen LogP contribution < -0.4 is 0 Å². The molecule has 1 aliphatic rings. The maximum atomic E-state index is 4.58. The summed E-state index contributed by atoms with van der Waals surface area (Å²) >= 11 is 5.09. The van der Waals surface area contributed by atoms with Crippen molar-refractivity contribution in [2.24, 2.45) is 5.10 Å². The molecule has 0 aliphatic carbocycles. The van der Waals surface area contributed by atoms with Crippen LogP contribution in [0.5, 0.6) is 0 Å². The Morgan fingerprint density at radius 2 is 1.94 bits per heavy atom. The van der Waals surface area contributed by atoms with Gasteiger partial charge in [0.2, 0.25) is 5.16 Å². The second-order valence-corrected chi connectivity index (χ2v) is 5.54. The molecular formula is C11H10Br2N4S. The Kier molecular flexibility index (Phi) is 4.24. The second kappa shape index (κ2) is 5.54. The first-order chi connectivity index (χ1) is 8.24. The Morgan fingerprint density at radius 1 is 1.22 bits per heavy atom. The summed E-state index contributed by atoms with van der Waals surface area (Å²) in [5.41, 5.74) is 2.19. The number of rotatable bonds is 1. The number of hydrogen-bond donors (Lipinski definition) is 0. The second-order valence-electron chi connectivity index (χ2n) is 3.68. The summed E-state index contributed by atoms with van der Waals surface area (Å²) in [5, 5.41) is 13.5. The van der Waals surface area contributed by atoms with Gasteiger partial charge >= 0.3 is 0 Å². The Balaban J connectivity index is 0.00000120. The fourth-order valence-electron chi connectivity index (χ4n) is 1.61. The fraction of sp³-hybridized carbons (Fsp3) is 0.182. The molecule has 0 bridgehead atoms. The van der Waals surface area contributed by atoms with E-state index in [9.17, 15) is 0 Å². The van der Waals surface area contributed by atoms with Gasteiger partial charge in [0.15, 0.2) is 5.82 Å². The van der Waals surface area contributed by atoms with E-state index in [4.69, 9.17) is 0 Å². The van der Waals surface area contributed by atoms with Crippen LogP contribution in [0.3, 0.4) is 0 Å². The lowest BCUT2D eigenvalue weighted by Gasteiger charge is -2.12. The average molecular weight is 390 g/mol. The zero-order chi connectivity index (χ0) is 11.8. The first kappa shape index (κ1) is 13.8. The average Bonchev–Trinajstić information content (AvgIpc) is 2.72. The maximum Gasteiger partial charge on any atom is 0.212 e. The summed E-state index contributed by atoms with van der Waals surface area (Å²) in [7, 11) is 0. The Morgan fingerprint density at radius 3 is 2.67 bits per heavy atom. The van der Waals surface area contributed by atoms with Crippen molar-refractivity contribution in [3.63, 3.8) is 0 Å². The highest BCUT2D eigenvalue weighted by molar-refractivity contribution is 9.10. The quantitative estimate of drug-likeness (QED) is 0.751. The number of thioether (sulfide) groups is 1. The molecule has 0 N–H and O–H groups in total. The fourth-order valence-corrected chi connectivity index (χ4v) is 2.76. The van der Waals surface area contributed by atoms with Gasteiger partial charge in [-0.2, -0.15) is 9.78 Å². The van der Waals surface area contributed by atoms with Gasteiger partial charge in [-0.25, -0.2) is 0 Å². The van der Waals surface area contributed by atoms with Gasteiger partial charge in [-0.15, -0.1) is 27.2 Å². The minimum atomic E-state index is 0. The summed E-state index contributed by atoms with van der Waals surface area (Å²) < 4.78 is 2.87. The van der Waals surface area contributed by atoms with E-state index in [2.05, 4.69) is 43.4 Å². The van der Waals surface area contributed by atoms with E-state index >= 15 is 0 Å². The zero-order valence-electron chi connectivity index (χ0n) is 9.50. The number of aryl methyl sites for hydroxylation is 1. The van der Waals surface area contributed by atoms with Gasteiger partial charge in [0.1, 0.15) is 0 Å². The van der Waals surface area contributed by atoms with Gasteiger partial charge in [-0.3, -0.25) is 0 Å². The summed E-state index contributed by atoms with van der Waals surface area (Å²) in [4.78, 5) is 0. The summed E-state index contributed by atoms with van der Waals surface area (Å²) in [6, 6.07) is 8.18. The third-order valence-corrected chi connectivity index (χ3v) is 3.96. The highest BCUT2D eigenvalue weighted by Gasteiger charge is 2.17. The van der Waals surface area contributed by atoms with Crippen LogP contribution in [0.2, 0.25) is 0 Å². The van der Waals surface area contributed by atoms with Crippen molar-refractivity contribution in [3.8, 4) is 0 Å². The van der Waals surface area contributed by atoms with Gasteiger partial charge in [0, 0.05) is 10.2 Å². The molecule has 4 nitrogen and oxygen atoms in total. The lowest BCUT2D eigenvalue weighted by atomic mass is 10.1. The molecule has 1 aromatic heterocycles. The normalized spacial score (nSPS) is 13.6. The molecular weight excluding hydrogens is 380 g/mol. The van der Waals surface area contributed by atoms with Crippen molar-refractivity contribution in [2.45, 2.75) is 12.1 Å². The number of hydrogen-bond acceptors (Lipinski definition) is 4. The van der Waals surface area contributed by atoms with Crippen LogP contribution in [0, 0.1) is 6.92 Å². The topological polar surface area (TPSA) is 43.1 Å². The van der Waals surface area contributed by atoms with Crippen molar-refractivity contribution < 1.29 is 0 Å². The van der Waals surface area contributed by atoms with E-state index in [1.807, 2.05) is 19.1 Å². The Hall–Kier alpha value is -0.660. The summed E-state index contributed by atoms with van der Waals surface area (Å²) in [6.45, 7) is 1.91. The zero-order valence-corrected chi connectivity index (χ0v) is 13.6. The molecule has 7 heteroatoms. The molecule has 0 amide bonds. The van der Waals surface area contributed by atoms with Gasteiger partial charge in [0.05, 0.1) is 5.71 Å². The third-order valence-electron chi connectivity index (χ3n) is 2.50. The minimum Gasteiger partial charge on any atom is -0.191 e. The lowest BCUT2D eigenvalue weighted by molar-refractivity contribution is 0.734. The molecule has 0 unspecified atom stereocenters. The molecule has 3 rings (SSSR count). The number of nitrogens with zero attached hydrogens (tertiary/aromatic N) is 4. The molecule has 0 atom stereocenters. The van der Waals surface area contributed by atoms with Crippen molar-refractivity contribution in [2.75, 3.05) is 5.75 Å². The van der Waals surface area contributed by atoms with Crippen LogP contribution in [0.4, 0.5) is 0 Å². The molecule has 18 heavy (non-hydrogen) atoms. The summed E-state index contributed by atoms with van der Waals surface area (Å²) in [5.74, 6) is 1.65. The SMILES string of the molecule is Br.Cc1nnc2n1N=C(c1ccc(Br)cc1)CS2. The molecule has 0 spiro atoms. The van der Waals surface area contributed by atoms with Crippen molar-refractivity contribution in [1.29, 1.82) is 0 Å². The smallest absolute Gasteiger partial charge is 0.191 e. The number of benzene rings is 1. The van der Waals surface area contributed by atoms with Gasteiger partial charge < -0.3 is 0 Å². The largest absolute Gasteiger partial charge is 0.212 e. The van der Waals surface area contributed by atoms with Crippen molar-refractivity contribution in [1.82, 2.24) is 14.9 Å². The molecule has 1 aliphatic heterocycles. The van der Waals surface area contributed by atoms with Crippen molar-refractivity contribution in [3.05, 3.63) is 40.1 Å². The van der Waals surface area contributed by atoms with Crippen LogP contribution in [0.15, 0.2) is 39.0 Å². The highest BCUT2D eigenvalue weighted by atomic mass is 79.9. The Bertz CT molecular complexity index is 592. The third kappa shape index (κ3) is 2.53. The lowest BCUT2D eigenvalue weighted by Crippen LogP contribution is -2.13. The van der Waals surface area contributed by atoms with Crippen LogP contribution in [0.1, 0.15) is 11.4 Å². The van der Waals surface area contributed by atoms with Gasteiger partial charge in [0.25, 0.3) is 0 Å². The van der Waals surface area contributed by atoms with E-state index in [1.54, 1.807) is 16.4 Å². The molecule has 0 saturated carbocycles. The van der Waals surface area contributed by atoms with Crippen LogP contribution in [-0.2, 0) is 0 Å². The highest BCUT2D eigenvalue weighted by Crippen LogP contribution is 2.24. The van der Waals surface area contributed by atoms with Gasteiger partial charge in [-0.1, -0.05) is 39.8 Å². The molecule has 0 fully saturated rings. The monoisotopic (exact) mass is 388 g/mol.